The summed E-state index contributed by atoms with van der Waals surface area (Å²) in [7, 11) is 3.02. The summed E-state index contributed by atoms with van der Waals surface area (Å²) in [5.74, 6) is -1.52. The van der Waals surface area contributed by atoms with Crippen LogP contribution in [0.25, 0.3) is 0 Å². The van der Waals surface area contributed by atoms with Crippen molar-refractivity contribution in [3.05, 3.63) is 11.9 Å². The highest BCUT2D eigenvalue weighted by atomic mass is 16.4. The normalized spacial score (nSPS) is 9.86. The maximum atomic E-state index is 11.4. The number of aromatic nitrogens is 3. The molecule has 1 heterocycles. The molecule has 0 aliphatic carbocycles. The van der Waals surface area contributed by atoms with E-state index in [1.807, 2.05) is 0 Å². The molecule has 0 saturated heterocycles. The largest absolute Gasteiger partial charge is 0.480 e. The van der Waals surface area contributed by atoms with Crippen LogP contribution < -0.4 is 0 Å². The molecule has 0 atom stereocenters. The van der Waals surface area contributed by atoms with Gasteiger partial charge in [0, 0.05) is 14.1 Å². The molecule has 0 unspecified atom stereocenters. The van der Waals surface area contributed by atoms with Gasteiger partial charge in [-0.05, 0) is 0 Å². The number of carboxylic acid groups (broad SMARTS) is 1. The molecule has 1 aromatic heterocycles. The highest BCUT2D eigenvalue weighted by Crippen LogP contribution is 1.97. The summed E-state index contributed by atoms with van der Waals surface area (Å²) in [5, 5.41) is 15.6. The number of carbonyl (C=O) groups excluding carboxylic acids is 1. The van der Waals surface area contributed by atoms with E-state index in [4.69, 9.17) is 5.11 Å². The number of amides is 1. The van der Waals surface area contributed by atoms with Gasteiger partial charge in [-0.15, -0.1) is 5.10 Å². The Balaban J connectivity index is 2.70. The van der Waals surface area contributed by atoms with E-state index in [0.717, 1.165) is 4.90 Å². The van der Waals surface area contributed by atoms with E-state index < -0.39 is 11.9 Å². The van der Waals surface area contributed by atoms with Gasteiger partial charge in [-0.2, -0.15) is 0 Å². The molecule has 1 N–H and O–H groups in total. The van der Waals surface area contributed by atoms with E-state index in [1.54, 1.807) is 7.05 Å². The summed E-state index contributed by atoms with van der Waals surface area (Å²) in [6, 6.07) is 0. The molecule has 0 aliphatic rings. The van der Waals surface area contributed by atoms with Crippen molar-refractivity contribution in [1.29, 1.82) is 0 Å². The molecule has 0 aliphatic heterocycles. The summed E-state index contributed by atoms with van der Waals surface area (Å²) >= 11 is 0. The summed E-state index contributed by atoms with van der Waals surface area (Å²) in [6.07, 6.45) is 1.43. The highest BCUT2D eigenvalue weighted by molar-refractivity contribution is 5.93. The first kappa shape index (κ1) is 10.2. The fourth-order valence-electron chi connectivity index (χ4n) is 0.916. The molecule has 0 saturated carbocycles. The van der Waals surface area contributed by atoms with Gasteiger partial charge in [0.25, 0.3) is 5.91 Å². The highest BCUT2D eigenvalue weighted by Gasteiger charge is 2.16. The van der Waals surface area contributed by atoms with Crippen molar-refractivity contribution in [3.8, 4) is 0 Å². The smallest absolute Gasteiger partial charge is 0.323 e. The second kappa shape index (κ2) is 3.86. The SMILES string of the molecule is CN(CC(=O)O)C(=O)c1cn(C)nn1. The lowest BCUT2D eigenvalue weighted by Gasteiger charge is -2.11. The summed E-state index contributed by atoms with van der Waals surface area (Å²) in [5.41, 5.74) is 0.135. The maximum absolute atomic E-state index is 11.4. The van der Waals surface area contributed by atoms with Crippen molar-refractivity contribution in [3.63, 3.8) is 0 Å². The standard InChI is InChI=1S/C7H10N4O3/c1-10(4-6(12)13)7(14)5-3-11(2)9-8-5/h3H,4H2,1-2H3,(H,12,13). The third-order valence-corrected chi connectivity index (χ3v) is 1.54. The topological polar surface area (TPSA) is 88.3 Å². The lowest BCUT2D eigenvalue weighted by molar-refractivity contribution is -0.137. The zero-order valence-corrected chi connectivity index (χ0v) is 7.84. The molecule has 7 heteroatoms. The monoisotopic (exact) mass is 198 g/mol. The summed E-state index contributed by atoms with van der Waals surface area (Å²) in [4.78, 5) is 22.8. The first-order valence-corrected chi connectivity index (χ1v) is 3.84. The van der Waals surface area contributed by atoms with Crippen LogP contribution in [0.1, 0.15) is 10.5 Å². The number of hydrogen-bond acceptors (Lipinski definition) is 4. The zero-order valence-electron chi connectivity index (χ0n) is 7.84. The van der Waals surface area contributed by atoms with Crippen molar-refractivity contribution in [2.24, 2.45) is 7.05 Å². The molecule has 1 aromatic rings. The maximum Gasteiger partial charge on any atom is 0.323 e. The molecule has 1 amide bonds. The van der Waals surface area contributed by atoms with Crippen LogP contribution >= 0.6 is 0 Å². The molecule has 7 nitrogen and oxygen atoms in total. The van der Waals surface area contributed by atoms with Gasteiger partial charge in [0.2, 0.25) is 0 Å². The lowest BCUT2D eigenvalue weighted by Crippen LogP contribution is -2.32. The Morgan fingerprint density at radius 3 is 2.71 bits per heavy atom. The number of carboxylic acids is 1. The van der Waals surface area contributed by atoms with Crippen molar-refractivity contribution in [2.75, 3.05) is 13.6 Å². The number of nitrogens with zero attached hydrogens (tertiary/aromatic N) is 4. The van der Waals surface area contributed by atoms with Gasteiger partial charge in [0.15, 0.2) is 5.69 Å². The molecule has 0 radical (unpaired) electrons. The quantitative estimate of drug-likeness (QED) is 0.671. The van der Waals surface area contributed by atoms with Crippen LogP contribution in [0, 0.1) is 0 Å². The number of rotatable bonds is 3. The minimum atomic E-state index is -1.07. The molecule has 0 aromatic carbocycles. The van der Waals surface area contributed by atoms with Crippen LogP contribution in [0.15, 0.2) is 6.20 Å². The molecule has 0 bridgehead atoms. The number of aryl methyl sites for hydroxylation is 1. The third kappa shape index (κ3) is 2.28. The van der Waals surface area contributed by atoms with Gasteiger partial charge in [-0.3, -0.25) is 14.3 Å². The zero-order chi connectivity index (χ0) is 10.7. The van der Waals surface area contributed by atoms with Crippen molar-refractivity contribution in [1.82, 2.24) is 19.9 Å². The average Bonchev–Trinajstić information content (AvgIpc) is 2.49. The fourth-order valence-corrected chi connectivity index (χ4v) is 0.916. The second-order valence-corrected chi connectivity index (χ2v) is 2.83. The van der Waals surface area contributed by atoms with E-state index >= 15 is 0 Å². The summed E-state index contributed by atoms with van der Waals surface area (Å²) < 4.78 is 1.38. The Bertz CT molecular complexity index is 360. The van der Waals surface area contributed by atoms with Gasteiger partial charge >= 0.3 is 5.97 Å². The minimum Gasteiger partial charge on any atom is -0.480 e. The Morgan fingerprint density at radius 2 is 2.29 bits per heavy atom. The average molecular weight is 198 g/mol. The van der Waals surface area contributed by atoms with Crippen molar-refractivity contribution in [2.45, 2.75) is 0 Å². The minimum absolute atomic E-state index is 0.135. The summed E-state index contributed by atoms with van der Waals surface area (Å²) in [6.45, 7) is -0.352. The van der Waals surface area contributed by atoms with E-state index in [1.165, 1.54) is 17.9 Å². The fraction of sp³-hybridized carbons (Fsp3) is 0.429. The van der Waals surface area contributed by atoms with E-state index in [9.17, 15) is 9.59 Å². The van der Waals surface area contributed by atoms with Crippen molar-refractivity contribution >= 4 is 11.9 Å². The van der Waals surface area contributed by atoms with Gasteiger partial charge in [0.1, 0.15) is 6.54 Å². The Morgan fingerprint density at radius 1 is 1.64 bits per heavy atom. The van der Waals surface area contributed by atoms with Gasteiger partial charge in [0.05, 0.1) is 6.20 Å². The third-order valence-electron chi connectivity index (χ3n) is 1.54. The van der Waals surface area contributed by atoms with Crippen LogP contribution in [0.2, 0.25) is 0 Å². The second-order valence-electron chi connectivity index (χ2n) is 2.83. The van der Waals surface area contributed by atoms with Crippen LogP contribution in [0.4, 0.5) is 0 Å². The van der Waals surface area contributed by atoms with E-state index in [0.29, 0.717) is 0 Å². The molecule has 14 heavy (non-hydrogen) atoms. The molecular weight excluding hydrogens is 188 g/mol. The Kier molecular flexibility index (Phi) is 2.80. The lowest BCUT2D eigenvalue weighted by atomic mass is 10.4. The molecule has 1 rings (SSSR count). The number of aliphatic carboxylic acids is 1. The predicted octanol–water partition coefficient (Wildman–Crippen LogP) is -1.03. The van der Waals surface area contributed by atoms with Gasteiger partial charge < -0.3 is 10.0 Å². The van der Waals surface area contributed by atoms with Crippen LogP contribution in [0.3, 0.4) is 0 Å². The van der Waals surface area contributed by atoms with E-state index in [-0.39, 0.29) is 12.2 Å². The number of carbonyl (C=O) groups is 2. The van der Waals surface area contributed by atoms with Crippen LogP contribution in [-0.2, 0) is 11.8 Å². The molecular formula is C7H10N4O3. The van der Waals surface area contributed by atoms with Crippen molar-refractivity contribution < 1.29 is 14.7 Å². The molecule has 0 fully saturated rings. The number of likely N-dealkylation sites (N-methyl/N-ethyl adjacent to an activating group) is 1. The predicted molar refractivity (Wildman–Crippen MR) is 45.6 cm³/mol. The Labute approximate surface area is 79.9 Å². The number of hydrogen-bond donors (Lipinski definition) is 1. The van der Waals surface area contributed by atoms with Gasteiger partial charge in [-0.1, -0.05) is 5.21 Å². The molecule has 76 valence electrons. The van der Waals surface area contributed by atoms with Crippen LogP contribution in [-0.4, -0.2) is 50.5 Å². The van der Waals surface area contributed by atoms with Crippen LogP contribution in [0.5, 0.6) is 0 Å². The van der Waals surface area contributed by atoms with Gasteiger partial charge in [-0.25, -0.2) is 0 Å². The Hall–Kier alpha value is -1.92. The first-order valence-electron chi connectivity index (χ1n) is 3.84. The molecule has 0 spiro atoms. The first-order chi connectivity index (χ1) is 6.50. The van der Waals surface area contributed by atoms with E-state index in [2.05, 4.69) is 10.3 Å².